The van der Waals surface area contributed by atoms with Crippen LogP contribution in [0.4, 0.5) is 0 Å². The zero-order valence-electron chi connectivity index (χ0n) is 12.9. The number of aromatic nitrogens is 4. The Morgan fingerprint density at radius 2 is 2.05 bits per heavy atom. The van der Waals surface area contributed by atoms with Crippen LogP contribution in [0.3, 0.4) is 0 Å². The van der Waals surface area contributed by atoms with Crippen molar-refractivity contribution in [1.29, 1.82) is 0 Å². The monoisotopic (exact) mass is 328 g/mol. The first-order chi connectivity index (χ1) is 9.90. The van der Waals surface area contributed by atoms with Crippen molar-refractivity contribution >= 4 is 23.4 Å². The van der Waals surface area contributed by atoms with Gasteiger partial charge in [-0.15, -0.1) is 0 Å². The molecular weight excluding hydrogens is 308 g/mol. The molecule has 0 fully saturated rings. The Morgan fingerprint density at radius 1 is 1.29 bits per heavy atom. The summed E-state index contributed by atoms with van der Waals surface area (Å²) in [7, 11) is 0. The van der Waals surface area contributed by atoms with E-state index < -0.39 is 0 Å². The lowest BCUT2D eigenvalue weighted by Gasteiger charge is -2.21. The maximum absolute atomic E-state index is 5.77. The smallest absolute Gasteiger partial charge is 0.172 e. The van der Waals surface area contributed by atoms with Gasteiger partial charge in [0, 0.05) is 31.1 Å². The van der Waals surface area contributed by atoms with Crippen molar-refractivity contribution in [3.8, 4) is 0 Å². The quantitative estimate of drug-likeness (QED) is 0.813. The van der Waals surface area contributed by atoms with Crippen molar-refractivity contribution in [3.63, 3.8) is 0 Å². The summed E-state index contributed by atoms with van der Waals surface area (Å²) in [5, 5.41) is 8.74. The molecule has 5 nitrogen and oxygen atoms in total. The summed E-state index contributed by atoms with van der Waals surface area (Å²) in [4.78, 5) is 4.68. The lowest BCUT2D eigenvalue weighted by Crippen LogP contribution is -2.26. The van der Waals surface area contributed by atoms with Gasteiger partial charge in [-0.25, -0.2) is 9.67 Å². The Kier molecular flexibility index (Phi) is 5.32. The Labute approximate surface area is 134 Å². The first-order valence-electron chi connectivity index (χ1n) is 6.95. The minimum absolute atomic E-state index is 0.0843. The van der Waals surface area contributed by atoms with Crippen molar-refractivity contribution in [2.75, 3.05) is 12.0 Å². The predicted octanol–water partition coefficient (Wildman–Crippen LogP) is 3.37. The third-order valence-corrected chi connectivity index (χ3v) is 3.80. The van der Waals surface area contributed by atoms with E-state index in [9.17, 15) is 0 Å². The van der Waals surface area contributed by atoms with E-state index in [4.69, 9.17) is 16.1 Å². The van der Waals surface area contributed by atoms with Crippen LogP contribution < -0.4 is 0 Å². The molecule has 2 heterocycles. The molecule has 0 aromatic carbocycles. The molecule has 0 amide bonds. The van der Waals surface area contributed by atoms with Crippen molar-refractivity contribution in [2.45, 2.75) is 45.6 Å². The average molecular weight is 329 g/mol. The topological polar surface area (TPSA) is 56.7 Å². The standard InChI is InChI=1S/C14H21ClN4OS/c1-14(2,3)19-13(16-12(17-19)7-8-21-4)6-5-10-9-11(15)18-20-10/h9H,5-8H2,1-4H3. The van der Waals surface area contributed by atoms with E-state index in [1.54, 1.807) is 17.8 Å². The van der Waals surface area contributed by atoms with Crippen LogP contribution in [0, 0.1) is 0 Å². The molecule has 0 radical (unpaired) electrons. The van der Waals surface area contributed by atoms with E-state index in [1.165, 1.54) is 0 Å². The maximum atomic E-state index is 5.77. The Balaban J connectivity index is 2.13. The third kappa shape index (κ3) is 4.48. The van der Waals surface area contributed by atoms with Gasteiger partial charge in [-0.1, -0.05) is 16.8 Å². The Hall–Kier alpha value is -1.01. The van der Waals surface area contributed by atoms with E-state index >= 15 is 0 Å². The van der Waals surface area contributed by atoms with Crippen LogP contribution >= 0.6 is 23.4 Å². The van der Waals surface area contributed by atoms with E-state index in [-0.39, 0.29) is 5.54 Å². The highest BCUT2D eigenvalue weighted by atomic mass is 35.5. The Bertz CT molecular complexity index is 588. The van der Waals surface area contributed by atoms with E-state index in [2.05, 4.69) is 42.3 Å². The van der Waals surface area contributed by atoms with Gasteiger partial charge in [-0.2, -0.15) is 16.9 Å². The summed E-state index contributed by atoms with van der Waals surface area (Å²) in [6.45, 7) is 6.40. The SMILES string of the molecule is CSCCc1nc(CCc2cc(Cl)no2)n(C(C)(C)C)n1. The van der Waals surface area contributed by atoms with Gasteiger partial charge in [0.25, 0.3) is 0 Å². The van der Waals surface area contributed by atoms with Gasteiger partial charge in [-0.3, -0.25) is 0 Å². The first kappa shape index (κ1) is 16.4. The molecule has 0 atom stereocenters. The molecule has 21 heavy (non-hydrogen) atoms. The normalized spacial score (nSPS) is 12.0. The summed E-state index contributed by atoms with van der Waals surface area (Å²) in [6, 6.07) is 1.74. The number of nitrogens with zero attached hydrogens (tertiary/aromatic N) is 4. The third-order valence-electron chi connectivity index (χ3n) is 3.01. The lowest BCUT2D eigenvalue weighted by atomic mass is 10.1. The highest BCUT2D eigenvalue weighted by molar-refractivity contribution is 7.98. The van der Waals surface area contributed by atoms with Crippen LogP contribution in [0.15, 0.2) is 10.6 Å². The van der Waals surface area contributed by atoms with Gasteiger partial charge in [0.15, 0.2) is 11.0 Å². The fraction of sp³-hybridized carbons (Fsp3) is 0.643. The summed E-state index contributed by atoms with van der Waals surface area (Å²) in [5.74, 6) is 3.69. The molecule has 116 valence electrons. The molecule has 0 saturated carbocycles. The van der Waals surface area contributed by atoms with E-state index in [0.29, 0.717) is 5.15 Å². The second-order valence-electron chi connectivity index (χ2n) is 5.89. The van der Waals surface area contributed by atoms with Crippen molar-refractivity contribution in [1.82, 2.24) is 19.9 Å². The molecule has 0 saturated heterocycles. The maximum Gasteiger partial charge on any atom is 0.172 e. The minimum atomic E-state index is -0.0843. The Morgan fingerprint density at radius 3 is 2.62 bits per heavy atom. The molecule has 0 bridgehead atoms. The fourth-order valence-electron chi connectivity index (χ4n) is 2.03. The van der Waals surface area contributed by atoms with Crippen LogP contribution in [0.25, 0.3) is 0 Å². The molecule has 0 unspecified atom stereocenters. The molecule has 0 aliphatic rings. The molecule has 0 N–H and O–H groups in total. The highest BCUT2D eigenvalue weighted by Gasteiger charge is 2.21. The molecule has 2 aromatic rings. The zero-order valence-corrected chi connectivity index (χ0v) is 14.5. The van der Waals surface area contributed by atoms with Crippen LogP contribution in [0.1, 0.15) is 38.2 Å². The number of halogens is 1. The van der Waals surface area contributed by atoms with Gasteiger partial charge < -0.3 is 4.52 Å². The van der Waals surface area contributed by atoms with Crippen molar-refractivity contribution < 1.29 is 4.52 Å². The second-order valence-corrected chi connectivity index (χ2v) is 7.26. The van der Waals surface area contributed by atoms with Crippen LogP contribution in [0.2, 0.25) is 5.15 Å². The largest absolute Gasteiger partial charge is 0.360 e. The molecule has 0 aliphatic heterocycles. The summed E-state index contributed by atoms with van der Waals surface area (Å²) in [6.07, 6.45) is 4.46. The predicted molar refractivity (Wildman–Crippen MR) is 86.0 cm³/mol. The molecule has 7 heteroatoms. The number of aryl methyl sites for hydroxylation is 3. The molecule has 0 aliphatic carbocycles. The van der Waals surface area contributed by atoms with Gasteiger partial charge in [-0.05, 0) is 27.0 Å². The van der Waals surface area contributed by atoms with Gasteiger partial charge >= 0.3 is 0 Å². The molecular formula is C14H21ClN4OS. The van der Waals surface area contributed by atoms with Crippen LogP contribution in [-0.2, 0) is 24.8 Å². The zero-order chi connectivity index (χ0) is 15.5. The number of rotatable bonds is 6. The van der Waals surface area contributed by atoms with Gasteiger partial charge in [0.1, 0.15) is 11.6 Å². The van der Waals surface area contributed by atoms with Crippen molar-refractivity contribution in [3.05, 3.63) is 28.6 Å². The number of thioether (sulfide) groups is 1. The van der Waals surface area contributed by atoms with E-state index in [1.807, 2.05) is 4.68 Å². The molecule has 2 rings (SSSR count). The van der Waals surface area contributed by atoms with E-state index in [0.717, 1.165) is 42.4 Å². The summed E-state index contributed by atoms with van der Waals surface area (Å²) in [5.41, 5.74) is -0.0843. The van der Waals surface area contributed by atoms with Crippen LogP contribution in [0.5, 0.6) is 0 Å². The number of hydrogen-bond acceptors (Lipinski definition) is 5. The second kappa shape index (κ2) is 6.83. The first-order valence-corrected chi connectivity index (χ1v) is 8.72. The number of hydrogen-bond donors (Lipinski definition) is 0. The van der Waals surface area contributed by atoms with Crippen molar-refractivity contribution in [2.24, 2.45) is 0 Å². The summed E-state index contributed by atoms with van der Waals surface area (Å²) < 4.78 is 7.15. The van der Waals surface area contributed by atoms with Gasteiger partial charge in [0.05, 0.1) is 5.54 Å². The molecule has 0 spiro atoms. The van der Waals surface area contributed by atoms with Gasteiger partial charge in [0.2, 0.25) is 0 Å². The highest BCUT2D eigenvalue weighted by Crippen LogP contribution is 2.18. The summed E-state index contributed by atoms with van der Waals surface area (Å²) >= 11 is 7.57. The van der Waals surface area contributed by atoms with Crippen LogP contribution in [-0.4, -0.2) is 31.9 Å². The average Bonchev–Trinajstić information content (AvgIpc) is 2.99. The minimum Gasteiger partial charge on any atom is -0.360 e. The lowest BCUT2D eigenvalue weighted by molar-refractivity contribution is 0.335. The fourth-order valence-corrected chi connectivity index (χ4v) is 2.57. The molecule has 2 aromatic heterocycles.